The maximum atomic E-state index is 12.8. The van der Waals surface area contributed by atoms with Gasteiger partial charge in [-0.3, -0.25) is 4.79 Å². The largest absolute Gasteiger partial charge is 0.332 e. The third-order valence-electron chi connectivity index (χ3n) is 5.27. The van der Waals surface area contributed by atoms with Gasteiger partial charge in [0.25, 0.3) is 0 Å². The Morgan fingerprint density at radius 2 is 1.70 bits per heavy atom. The minimum atomic E-state index is -3.61. The van der Waals surface area contributed by atoms with E-state index in [-0.39, 0.29) is 15.9 Å². The zero-order valence-electron chi connectivity index (χ0n) is 17.0. The molecule has 160 valence electrons. The minimum Gasteiger partial charge on any atom is -0.332 e. The second-order valence-corrected chi connectivity index (χ2v) is 10.1. The molecule has 0 radical (unpaired) electrons. The highest BCUT2D eigenvalue weighted by Gasteiger charge is 2.21. The van der Waals surface area contributed by atoms with Crippen LogP contribution in [0.3, 0.4) is 0 Å². The lowest BCUT2D eigenvalue weighted by Gasteiger charge is -2.18. The van der Waals surface area contributed by atoms with Crippen molar-refractivity contribution in [3.05, 3.63) is 60.2 Å². The molecule has 1 saturated carbocycles. The fraction of sp³-hybridized carbons (Fsp3) is 0.364. The van der Waals surface area contributed by atoms with Crippen molar-refractivity contribution >= 4 is 38.9 Å². The maximum Gasteiger partial charge on any atom is 0.243 e. The third kappa shape index (κ3) is 6.10. The van der Waals surface area contributed by atoms with E-state index in [9.17, 15) is 13.2 Å². The van der Waals surface area contributed by atoms with E-state index < -0.39 is 10.0 Å². The smallest absolute Gasteiger partial charge is 0.243 e. The van der Waals surface area contributed by atoms with E-state index in [1.807, 2.05) is 30.3 Å². The molecule has 0 aromatic heterocycles. The van der Waals surface area contributed by atoms with Gasteiger partial charge in [-0.2, -0.15) is 4.31 Å². The number of hydrogen-bond acceptors (Lipinski definition) is 4. The first kappa shape index (κ1) is 22.4. The van der Waals surface area contributed by atoms with Crippen LogP contribution >= 0.6 is 12.2 Å². The van der Waals surface area contributed by atoms with Crippen LogP contribution in [-0.4, -0.2) is 30.8 Å². The fourth-order valence-electron chi connectivity index (χ4n) is 3.63. The molecule has 8 heteroatoms. The molecule has 0 unspecified atom stereocenters. The number of carbonyl (C=O) groups is 1. The summed E-state index contributed by atoms with van der Waals surface area (Å²) in [5.74, 6) is 0.367. The van der Waals surface area contributed by atoms with Crippen molar-refractivity contribution in [2.24, 2.45) is 5.92 Å². The Balaban J connectivity index is 1.55. The quantitative estimate of drug-likeness (QED) is 0.632. The highest BCUT2D eigenvalue weighted by molar-refractivity contribution is 7.89. The summed E-state index contributed by atoms with van der Waals surface area (Å²) < 4.78 is 26.9. The number of thiocarbonyl (C=S) groups is 1. The SMILES string of the molecule is CN(Cc1ccccc1)S(=O)(=O)c1ccc(NC(=S)NC(=O)CC2CCCC2)cc1. The van der Waals surface area contributed by atoms with Gasteiger partial charge in [-0.05, 0) is 60.8 Å². The van der Waals surface area contributed by atoms with Gasteiger partial charge in [0.15, 0.2) is 5.11 Å². The Kier molecular flexibility index (Phi) is 7.58. The van der Waals surface area contributed by atoms with E-state index in [1.165, 1.54) is 29.3 Å². The van der Waals surface area contributed by atoms with E-state index in [1.54, 1.807) is 19.2 Å². The van der Waals surface area contributed by atoms with Crippen LogP contribution in [0.25, 0.3) is 0 Å². The van der Waals surface area contributed by atoms with Gasteiger partial charge in [-0.1, -0.05) is 43.2 Å². The molecule has 0 atom stereocenters. The summed E-state index contributed by atoms with van der Waals surface area (Å²) in [7, 11) is -2.05. The molecule has 2 N–H and O–H groups in total. The highest BCUT2D eigenvalue weighted by Crippen LogP contribution is 2.27. The Morgan fingerprint density at radius 3 is 2.33 bits per heavy atom. The summed E-state index contributed by atoms with van der Waals surface area (Å²) in [6.45, 7) is 0.292. The van der Waals surface area contributed by atoms with Crippen LogP contribution in [-0.2, 0) is 21.4 Å². The van der Waals surface area contributed by atoms with Crippen molar-refractivity contribution in [3.8, 4) is 0 Å². The van der Waals surface area contributed by atoms with E-state index >= 15 is 0 Å². The first-order chi connectivity index (χ1) is 14.3. The molecule has 0 aliphatic heterocycles. The first-order valence-corrected chi connectivity index (χ1v) is 11.9. The number of anilines is 1. The van der Waals surface area contributed by atoms with Crippen LogP contribution in [0.2, 0.25) is 0 Å². The number of sulfonamides is 1. The number of benzene rings is 2. The Hall–Kier alpha value is -2.29. The second-order valence-electron chi connectivity index (χ2n) is 7.63. The van der Waals surface area contributed by atoms with Crippen LogP contribution in [0, 0.1) is 5.92 Å². The van der Waals surface area contributed by atoms with E-state index in [2.05, 4.69) is 10.6 Å². The molecule has 2 aromatic rings. The molecule has 0 bridgehead atoms. The molecule has 1 amide bonds. The third-order valence-corrected chi connectivity index (χ3v) is 7.29. The van der Waals surface area contributed by atoms with Gasteiger partial charge in [-0.25, -0.2) is 8.42 Å². The predicted octanol–water partition coefficient (Wildman–Crippen LogP) is 3.90. The lowest BCUT2D eigenvalue weighted by molar-refractivity contribution is -0.120. The molecule has 0 heterocycles. The van der Waals surface area contributed by atoms with Crippen molar-refractivity contribution in [2.45, 2.75) is 43.5 Å². The van der Waals surface area contributed by atoms with Crippen molar-refractivity contribution in [3.63, 3.8) is 0 Å². The van der Waals surface area contributed by atoms with Crippen LogP contribution in [0.4, 0.5) is 5.69 Å². The molecular weight excluding hydrogens is 418 g/mol. The molecule has 1 aliphatic rings. The number of carbonyl (C=O) groups excluding carboxylic acids is 1. The molecule has 0 saturated heterocycles. The maximum absolute atomic E-state index is 12.8. The average molecular weight is 446 g/mol. The van der Waals surface area contributed by atoms with Crippen LogP contribution in [0.5, 0.6) is 0 Å². The Bertz CT molecular complexity index is 970. The number of hydrogen-bond donors (Lipinski definition) is 2. The topological polar surface area (TPSA) is 78.5 Å². The van der Waals surface area contributed by atoms with Gasteiger partial charge in [0.05, 0.1) is 4.90 Å². The highest BCUT2D eigenvalue weighted by atomic mass is 32.2. The summed E-state index contributed by atoms with van der Waals surface area (Å²) in [5.41, 5.74) is 1.53. The summed E-state index contributed by atoms with van der Waals surface area (Å²) in [5, 5.41) is 5.85. The molecular formula is C22H27N3O3S2. The van der Waals surface area contributed by atoms with E-state index in [4.69, 9.17) is 12.2 Å². The Morgan fingerprint density at radius 1 is 1.07 bits per heavy atom. The predicted molar refractivity (Wildman–Crippen MR) is 122 cm³/mol. The van der Waals surface area contributed by atoms with Gasteiger partial charge < -0.3 is 10.6 Å². The van der Waals surface area contributed by atoms with E-state index in [0.717, 1.165) is 18.4 Å². The van der Waals surface area contributed by atoms with Crippen molar-refractivity contribution in [1.29, 1.82) is 0 Å². The number of nitrogens with one attached hydrogen (secondary N) is 2. The monoisotopic (exact) mass is 445 g/mol. The van der Waals surface area contributed by atoms with Crippen LogP contribution in [0.15, 0.2) is 59.5 Å². The van der Waals surface area contributed by atoms with Crippen molar-refractivity contribution in [2.75, 3.05) is 12.4 Å². The number of amides is 1. The summed E-state index contributed by atoms with van der Waals surface area (Å²) >= 11 is 5.20. The van der Waals surface area contributed by atoms with E-state index in [0.29, 0.717) is 24.6 Å². The van der Waals surface area contributed by atoms with Crippen LogP contribution < -0.4 is 10.6 Å². The average Bonchev–Trinajstić information content (AvgIpc) is 3.21. The zero-order valence-corrected chi connectivity index (χ0v) is 18.6. The Labute approximate surface area is 183 Å². The number of nitrogens with zero attached hydrogens (tertiary/aromatic N) is 1. The molecule has 1 aliphatic carbocycles. The summed E-state index contributed by atoms with van der Waals surface area (Å²) in [4.78, 5) is 12.3. The van der Waals surface area contributed by atoms with Gasteiger partial charge in [0.2, 0.25) is 15.9 Å². The molecule has 30 heavy (non-hydrogen) atoms. The fourth-order valence-corrected chi connectivity index (χ4v) is 5.02. The van der Waals surface area contributed by atoms with Gasteiger partial charge in [0.1, 0.15) is 0 Å². The lowest BCUT2D eigenvalue weighted by atomic mass is 10.0. The lowest BCUT2D eigenvalue weighted by Crippen LogP contribution is -2.34. The second kappa shape index (κ2) is 10.1. The molecule has 2 aromatic carbocycles. The van der Waals surface area contributed by atoms with Crippen molar-refractivity contribution in [1.82, 2.24) is 9.62 Å². The zero-order chi connectivity index (χ0) is 21.6. The molecule has 1 fully saturated rings. The summed E-state index contributed by atoms with van der Waals surface area (Å²) in [6, 6.07) is 15.8. The normalized spacial score (nSPS) is 14.6. The minimum absolute atomic E-state index is 0.0823. The standard InChI is InChI=1S/C22H27N3O3S2/c1-25(16-18-9-3-2-4-10-18)30(27,28)20-13-11-19(12-14-20)23-22(29)24-21(26)15-17-7-5-6-8-17/h2-4,9-14,17H,5-8,15-16H2,1H3,(H2,23,24,26,29). The van der Waals surface area contributed by atoms with Crippen molar-refractivity contribution < 1.29 is 13.2 Å². The molecule has 6 nitrogen and oxygen atoms in total. The van der Waals surface area contributed by atoms with Gasteiger partial charge >= 0.3 is 0 Å². The molecule has 0 spiro atoms. The molecule has 3 rings (SSSR count). The van der Waals surface area contributed by atoms with Crippen LogP contribution in [0.1, 0.15) is 37.7 Å². The van der Waals surface area contributed by atoms with Gasteiger partial charge in [0, 0.05) is 25.7 Å². The first-order valence-electron chi connectivity index (χ1n) is 10.1. The number of rotatable bonds is 7. The van der Waals surface area contributed by atoms with Gasteiger partial charge in [-0.15, -0.1) is 0 Å². The summed E-state index contributed by atoms with van der Waals surface area (Å²) in [6.07, 6.45) is 5.07.